The van der Waals surface area contributed by atoms with Gasteiger partial charge in [0.25, 0.3) is 11.7 Å². The van der Waals surface area contributed by atoms with Crippen molar-refractivity contribution in [3.05, 3.63) is 65.5 Å². The van der Waals surface area contributed by atoms with Crippen LogP contribution in [0.1, 0.15) is 50.8 Å². The van der Waals surface area contributed by atoms with Crippen LogP contribution in [0.4, 0.5) is 0 Å². The first kappa shape index (κ1) is 24.5. The predicted octanol–water partition coefficient (Wildman–Crippen LogP) is 4.02. The molecule has 1 aromatic carbocycles. The second-order valence-electron chi connectivity index (χ2n) is 8.03. The highest BCUT2D eigenvalue weighted by atomic mass is 16.5. The van der Waals surface area contributed by atoms with Gasteiger partial charge < -0.3 is 19.6 Å². The molecule has 0 spiro atoms. The van der Waals surface area contributed by atoms with Gasteiger partial charge in [0.2, 0.25) is 0 Å². The van der Waals surface area contributed by atoms with Gasteiger partial charge in [-0.2, -0.15) is 0 Å². The van der Waals surface area contributed by atoms with E-state index in [4.69, 9.17) is 4.74 Å². The summed E-state index contributed by atoms with van der Waals surface area (Å²) >= 11 is 0. The number of nitrogens with zero attached hydrogens (tertiary/aromatic N) is 3. The average Bonchev–Trinajstić information content (AvgIpc) is 3.10. The Balaban J connectivity index is 2.04. The van der Waals surface area contributed by atoms with Gasteiger partial charge in [-0.3, -0.25) is 14.6 Å². The molecule has 0 radical (unpaired) electrons. The number of carbonyl (C=O) groups is 2. The zero-order chi connectivity index (χ0) is 23.8. The highest BCUT2D eigenvalue weighted by molar-refractivity contribution is 6.46. The molecule has 0 saturated carbocycles. The number of ether oxygens (including phenoxy) is 1. The number of aliphatic hydroxyl groups is 1. The van der Waals surface area contributed by atoms with Crippen molar-refractivity contribution in [3.63, 3.8) is 0 Å². The Bertz CT molecular complexity index is 986. The van der Waals surface area contributed by atoms with Crippen LogP contribution in [0.15, 0.2) is 54.4 Å². The normalized spacial score (nSPS) is 17.7. The number of ketones is 1. The fourth-order valence-corrected chi connectivity index (χ4v) is 4.02. The summed E-state index contributed by atoms with van der Waals surface area (Å²) in [4.78, 5) is 34.0. The average molecular weight is 452 g/mol. The first-order valence-corrected chi connectivity index (χ1v) is 11.7. The van der Waals surface area contributed by atoms with Gasteiger partial charge in [0, 0.05) is 31.0 Å². The topological polar surface area (TPSA) is 83.0 Å². The van der Waals surface area contributed by atoms with E-state index in [1.807, 2.05) is 24.3 Å². The van der Waals surface area contributed by atoms with Crippen molar-refractivity contribution in [1.82, 2.24) is 14.8 Å². The maximum atomic E-state index is 13.1. The number of likely N-dealkylation sites (N-methyl/N-ethyl adjacent to an activating group) is 1. The number of carbonyl (C=O) groups excluding carboxylic acids is 2. The van der Waals surface area contributed by atoms with Crippen LogP contribution in [-0.2, 0) is 9.59 Å². The summed E-state index contributed by atoms with van der Waals surface area (Å²) in [6.07, 6.45) is 5.05. The minimum Gasteiger partial charge on any atom is -0.507 e. The van der Waals surface area contributed by atoms with Gasteiger partial charge in [0.1, 0.15) is 11.5 Å². The molecule has 2 aromatic rings. The van der Waals surface area contributed by atoms with Gasteiger partial charge in [0.05, 0.1) is 18.2 Å². The molecule has 0 aliphatic carbocycles. The maximum Gasteiger partial charge on any atom is 0.295 e. The van der Waals surface area contributed by atoms with Crippen LogP contribution in [0, 0.1) is 0 Å². The zero-order valence-electron chi connectivity index (χ0n) is 19.7. The minimum atomic E-state index is -0.691. The van der Waals surface area contributed by atoms with Gasteiger partial charge in [-0.15, -0.1) is 0 Å². The van der Waals surface area contributed by atoms with Crippen molar-refractivity contribution in [2.75, 3.05) is 32.8 Å². The molecule has 1 N–H and O–H groups in total. The van der Waals surface area contributed by atoms with Crippen LogP contribution in [0.3, 0.4) is 0 Å². The van der Waals surface area contributed by atoms with E-state index in [0.717, 1.165) is 31.5 Å². The van der Waals surface area contributed by atoms with Crippen molar-refractivity contribution in [2.24, 2.45) is 0 Å². The predicted molar refractivity (Wildman–Crippen MR) is 128 cm³/mol. The number of Topliss-reactive ketones (excluding diaryl/α,β-unsaturated/α-hetero) is 1. The summed E-state index contributed by atoms with van der Waals surface area (Å²) in [7, 11) is 0. The molecule has 2 heterocycles. The van der Waals surface area contributed by atoms with Crippen LogP contribution in [-0.4, -0.2) is 64.4 Å². The molecule has 0 bridgehead atoms. The fraction of sp³-hybridized carbons (Fsp3) is 0.423. The van der Waals surface area contributed by atoms with E-state index >= 15 is 0 Å². The standard InChI is InChI=1S/C26H33N3O4/c1-4-7-17-33-21-10-8-9-20(18-21)23-22(24(30)19-11-13-27-14-12-19)25(31)26(32)29(23)16-15-28(5-2)6-3/h8-14,18,23,30H,4-7,15-17H2,1-3H3. The summed E-state index contributed by atoms with van der Waals surface area (Å²) in [5, 5.41) is 11.1. The van der Waals surface area contributed by atoms with Gasteiger partial charge in [-0.05, 0) is 49.3 Å². The third-order valence-corrected chi connectivity index (χ3v) is 5.99. The first-order valence-electron chi connectivity index (χ1n) is 11.7. The van der Waals surface area contributed by atoms with Gasteiger partial charge >= 0.3 is 0 Å². The molecule has 7 heteroatoms. The number of aliphatic hydroxyl groups excluding tert-OH is 1. The molecule has 1 aliphatic rings. The van der Waals surface area contributed by atoms with Crippen molar-refractivity contribution in [2.45, 2.75) is 39.7 Å². The molecule has 1 saturated heterocycles. The molecule has 7 nitrogen and oxygen atoms in total. The summed E-state index contributed by atoms with van der Waals surface area (Å²) in [6.45, 7) is 9.54. The van der Waals surface area contributed by atoms with E-state index < -0.39 is 17.7 Å². The van der Waals surface area contributed by atoms with E-state index in [0.29, 0.717) is 31.0 Å². The number of hydrogen-bond acceptors (Lipinski definition) is 6. The van der Waals surface area contributed by atoms with Crippen LogP contribution in [0.2, 0.25) is 0 Å². The Morgan fingerprint density at radius 2 is 1.85 bits per heavy atom. The number of benzene rings is 1. The lowest BCUT2D eigenvalue weighted by molar-refractivity contribution is -0.140. The Hall–Kier alpha value is -3.19. The number of pyridine rings is 1. The van der Waals surface area contributed by atoms with E-state index in [1.54, 1.807) is 29.4 Å². The molecule has 33 heavy (non-hydrogen) atoms. The summed E-state index contributed by atoms with van der Waals surface area (Å²) in [6, 6.07) is 10.0. The number of rotatable bonds is 11. The van der Waals surface area contributed by atoms with Crippen LogP contribution in [0.25, 0.3) is 5.76 Å². The van der Waals surface area contributed by atoms with Crippen LogP contribution >= 0.6 is 0 Å². The maximum absolute atomic E-state index is 13.1. The van der Waals surface area contributed by atoms with Gasteiger partial charge in [-0.1, -0.05) is 39.3 Å². The molecule has 176 valence electrons. The van der Waals surface area contributed by atoms with Crippen molar-refractivity contribution in [3.8, 4) is 5.75 Å². The minimum absolute atomic E-state index is 0.0939. The Morgan fingerprint density at radius 3 is 2.52 bits per heavy atom. The number of amides is 1. The van der Waals surface area contributed by atoms with E-state index in [1.165, 1.54) is 0 Å². The third kappa shape index (κ3) is 5.60. The third-order valence-electron chi connectivity index (χ3n) is 5.99. The molecule has 1 fully saturated rings. The lowest BCUT2D eigenvalue weighted by Crippen LogP contribution is -2.38. The SMILES string of the molecule is CCCCOc1cccc(C2C(=C(O)c3ccncc3)C(=O)C(=O)N2CCN(CC)CC)c1. The lowest BCUT2D eigenvalue weighted by Gasteiger charge is -2.28. The Morgan fingerprint density at radius 1 is 1.12 bits per heavy atom. The monoisotopic (exact) mass is 451 g/mol. The summed E-state index contributed by atoms with van der Waals surface area (Å²) in [5.74, 6) is -0.784. The largest absolute Gasteiger partial charge is 0.507 e. The van der Waals surface area contributed by atoms with Crippen molar-refractivity contribution < 1.29 is 19.4 Å². The van der Waals surface area contributed by atoms with E-state index in [2.05, 4.69) is 30.7 Å². The van der Waals surface area contributed by atoms with Gasteiger partial charge in [0.15, 0.2) is 0 Å². The zero-order valence-corrected chi connectivity index (χ0v) is 19.7. The number of aromatic nitrogens is 1. The highest BCUT2D eigenvalue weighted by Gasteiger charge is 2.46. The number of unbranched alkanes of at least 4 members (excludes halogenated alkanes) is 1. The smallest absolute Gasteiger partial charge is 0.295 e. The van der Waals surface area contributed by atoms with Crippen LogP contribution < -0.4 is 4.74 Å². The summed E-state index contributed by atoms with van der Waals surface area (Å²) in [5.41, 5.74) is 1.28. The Labute approximate surface area is 195 Å². The van der Waals surface area contributed by atoms with Crippen molar-refractivity contribution >= 4 is 17.4 Å². The lowest BCUT2D eigenvalue weighted by atomic mass is 9.95. The molecular weight excluding hydrogens is 418 g/mol. The molecular formula is C26H33N3O4. The second kappa shape index (κ2) is 11.6. The highest BCUT2D eigenvalue weighted by Crippen LogP contribution is 2.40. The molecule has 1 atom stereocenters. The number of hydrogen-bond donors (Lipinski definition) is 1. The molecule has 1 amide bonds. The van der Waals surface area contributed by atoms with Crippen LogP contribution in [0.5, 0.6) is 5.75 Å². The fourth-order valence-electron chi connectivity index (χ4n) is 4.02. The van der Waals surface area contributed by atoms with Crippen molar-refractivity contribution in [1.29, 1.82) is 0 Å². The molecule has 1 unspecified atom stereocenters. The van der Waals surface area contributed by atoms with E-state index in [-0.39, 0.29) is 11.3 Å². The Kier molecular flexibility index (Phi) is 8.60. The number of likely N-dealkylation sites (tertiary alicyclic amines) is 1. The quantitative estimate of drug-likeness (QED) is 0.240. The molecule has 3 rings (SSSR count). The van der Waals surface area contributed by atoms with Gasteiger partial charge in [-0.25, -0.2) is 0 Å². The van der Waals surface area contributed by atoms with E-state index in [9.17, 15) is 14.7 Å². The second-order valence-corrected chi connectivity index (χ2v) is 8.03. The first-order chi connectivity index (χ1) is 16.0. The molecule has 1 aliphatic heterocycles. The summed E-state index contributed by atoms with van der Waals surface area (Å²) < 4.78 is 5.87. The molecule has 1 aromatic heterocycles.